The highest BCUT2D eigenvalue weighted by Gasteiger charge is 2.20. The zero-order valence-electron chi connectivity index (χ0n) is 21.4. The fraction of sp³-hybridized carbons (Fsp3) is 0. The topological polar surface area (TPSA) is 64.5 Å². The van der Waals surface area contributed by atoms with E-state index in [-0.39, 0.29) is 0 Å². The number of nitrogens with zero attached hydrogens (tertiary/aromatic N) is 5. The Morgan fingerprint density at radius 3 is 1.52 bits per heavy atom. The molecule has 5 nitrogen and oxygen atoms in total. The fourth-order valence-corrected chi connectivity index (χ4v) is 5.81. The molecule has 0 N–H and O–H groups in total. The minimum Gasteiger partial charge on any atom is -0.261 e. The number of fused-ring (bicyclic) bond motifs is 4. The lowest BCUT2D eigenvalue weighted by molar-refractivity contribution is 1.21. The molecule has 0 radical (unpaired) electrons. The van der Waals surface area contributed by atoms with Gasteiger partial charge in [-0.1, -0.05) is 66.7 Å². The lowest BCUT2D eigenvalue weighted by atomic mass is 9.88. The molecule has 0 bridgehead atoms. The summed E-state index contributed by atoms with van der Waals surface area (Å²) in [5, 5.41) is 4.20. The molecule has 4 aromatic carbocycles. The molecule has 8 aromatic rings. The van der Waals surface area contributed by atoms with Gasteiger partial charge in [0.15, 0.2) is 0 Å². The van der Waals surface area contributed by atoms with E-state index in [1.54, 1.807) is 12.4 Å². The van der Waals surface area contributed by atoms with E-state index in [0.717, 1.165) is 77.3 Å². The van der Waals surface area contributed by atoms with Gasteiger partial charge in [0, 0.05) is 51.3 Å². The summed E-state index contributed by atoms with van der Waals surface area (Å²) in [6.45, 7) is 0. The summed E-state index contributed by atoms with van der Waals surface area (Å²) in [5.41, 5.74) is 9.65. The Kier molecular flexibility index (Phi) is 5.07. The Morgan fingerprint density at radius 2 is 0.950 bits per heavy atom. The second-order valence-electron chi connectivity index (χ2n) is 9.71. The molecule has 0 aliphatic heterocycles. The van der Waals surface area contributed by atoms with Gasteiger partial charge in [-0.2, -0.15) is 0 Å². The molecule has 0 unspecified atom stereocenters. The number of hydrogen-bond donors (Lipinski definition) is 0. The van der Waals surface area contributed by atoms with Crippen molar-refractivity contribution in [2.75, 3.05) is 0 Å². The van der Waals surface area contributed by atoms with Crippen molar-refractivity contribution in [1.82, 2.24) is 24.9 Å². The summed E-state index contributed by atoms with van der Waals surface area (Å²) >= 11 is 0. The second kappa shape index (κ2) is 9.03. The van der Waals surface area contributed by atoms with Gasteiger partial charge >= 0.3 is 0 Å². The van der Waals surface area contributed by atoms with Crippen LogP contribution in [0, 0.1) is 0 Å². The van der Waals surface area contributed by atoms with Crippen molar-refractivity contribution >= 4 is 43.6 Å². The van der Waals surface area contributed by atoms with Crippen LogP contribution in [0.4, 0.5) is 0 Å². The summed E-state index contributed by atoms with van der Waals surface area (Å²) in [6.07, 6.45) is 7.12. The van der Waals surface area contributed by atoms with Crippen LogP contribution in [0.25, 0.3) is 77.3 Å². The molecule has 186 valence electrons. The SMILES string of the molecule is c1ccc(-c2c3ccccc3nc3cccc(-c4cccc5nc6ccccc6c(-c6cnccn6)c45)c23)nc1. The van der Waals surface area contributed by atoms with Crippen LogP contribution in [-0.4, -0.2) is 24.9 Å². The Balaban J connectivity index is 1.58. The maximum Gasteiger partial charge on any atom is 0.0899 e. The summed E-state index contributed by atoms with van der Waals surface area (Å²) in [7, 11) is 0. The van der Waals surface area contributed by atoms with Crippen LogP contribution >= 0.6 is 0 Å². The van der Waals surface area contributed by atoms with Crippen LogP contribution in [0.3, 0.4) is 0 Å². The quantitative estimate of drug-likeness (QED) is 0.223. The molecule has 0 spiro atoms. The van der Waals surface area contributed by atoms with Gasteiger partial charge in [-0.3, -0.25) is 15.0 Å². The zero-order chi connectivity index (χ0) is 26.5. The van der Waals surface area contributed by atoms with Gasteiger partial charge in [0.05, 0.1) is 39.7 Å². The molecule has 4 aromatic heterocycles. The summed E-state index contributed by atoms with van der Waals surface area (Å²) in [6, 6.07) is 35.2. The normalized spacial score (nSPS) is 11.5. The average molecular weight is 512 g/mol. The third-order valence-corrected chi connectivity index (χ3v) is 7.44. The monoisotopic (exact) mass is 511 g/mol. The Morgan fingerprint density at radius 1 is 0.400 bits per heavy atom. The summed E-state index contributed by atoms with van der Waals surface area (Å²) in [4.78, 5) is 24.1. The average Bonchev–Trinajstić information content (AvgIpc) is 3.02. The molecule has 4 heterocycles. The second-order valence-corrected chi connectivity index (χ2v) is 9.71. The molecule has 0 amide bonds. The van der Waals surface area contributed by atoms with Crippen molar-refractivity contribution in [2.24, 2.45) is 0 Å². The fourth-order valence-electron chi connectivity index (χ4n) is 5.81. The molecule has 0 aliphatic rings. The van der Waals surface area contributed by atoms with E-state index in [2.05, 4.69) is 77.8 Å². The minimum absolute atomic E-state index is 0.812. The molecule has 40 heavy (non-hydrogen) atoms. The smallest absolute Gasteiger partial charge is 0.0899 e. The lowest BCUT2D eigenvalue weighted by Crippen LogP contribution is -1.96. The van der Waals surface area contributed by atoms with Crippen LogP contribution in [0.15, 0.2) is 128 Å². The van der Waals surface area contributed by atoms with Crippen LogP contribution in [0.1, 0.15) is 0 Å². The molecule has 8 rings (SSSR count). The van der Waals surface area contributed by atoms with E-state index >= 15 is 0 Å². The number of rotatable bonds is 3. The van der Waals surface area contributed by atoms with Gasteiger partial charge in [-0.05, 0) is 47.5 Å². The van der Waals surface area contributed by atoms with Crippen molar-refractivity contribution in [2.45, 2.75) is 0 Å². The third-order valence-electron chi connectivity index (χ3n) is 7.44. The molecule has 0 saturated heterocycles. The summed E-state index contributed by atoms with van der Waals surface area (Å²) in [5.74, 6) is 0. The first-order valence-corrected chi connectivity index (χ1v) is 13.2. The van der Waals surface area contributed by atoms with E-state index in [0.29, 0.717) is 0 Å². The van der Waals surface area contributed by atoms with Crippen LogP contribution < -0.4 is 0 Å². The van der Waals surface area contributed by atoms with Gasteiger partial charge in [0.1, 0.15) is 0 Å². The van der Waals surface area contributed by atoms with Crippen LogP contribution in [0.5, 0.6) is 0 Å². The third kappa shape index (κ3) is 3.45. The van der Waals surface area contributed by atoms with Gasteiger partial charge in [0.2, 0.25) is 0 Å². The Hall–Kier alpha value is -5.55. The minimum atomic E-state index is 0.812. The lowest BCUT2D eigenvalue weighted by Gasteiger charge is -2.18. The highest BCUT2D eigenvalue weighted by Crippen LogP contribution is 2.44. The van der Waals surface area contributed by atoms with E-state index in [1.165, 1.54) is 0 Å². The van der Waals surface area contributed by atoms with Gasteiger partial charge in [0.25, 0.3) is 0 Å². The number of aromatic nitrogens is 5. The zero-order valence-corrected chi connectivity index (χ0v) is 21.4. The highest BCUT2D eigenvalue weighted by atomic mass is 14.8. The number of para-hydroxylation sites is 2. The highest BCUT2D eigenvalue weighted by molar-refractivity contribution is 6.20. The maximum atomic E-state index is 5.09. The van der Waals surface area contributed by atoms with Crippen LogP contribution in [0.2, 0.25) is 0 Å². The van der Waals surface area contributed by atoms with E-state index in [1.807, 2.05) is 42.7 Å². The van der Waals surface area contributed by atoms with Crippen molar-refractivity contribution in [3.05, 3.63) is 128 Å². The first-order chi connectivity index (χ1) is 19.9. The Bertz CT molecular complexity index is 2050. The van der Waals surface area contributed by atoms with E-state index in [9.17, 15) is 0 Å². The van der Waals surface area contributed by atoms with E-state index in [4.69, 9.17) is 19.9 Å². The maximum absolute atomic E-state index is 5.09. The first-order valence-electron chi connectivity index (χ1n) is 13.2. The van der Waals surface area contributed by atoms with Crippen molar-refractivity contribution in [1.29, 1.82) is 0 Å². The molecule has 0 atom stereocenters. The number of benzene rings is 4. The molecule has 5 heteroatoms. The van der Waals surface area contributed by atoms with Gasteiger partial charge in [-0.15, -0.1) is 0 Å². The van der Waals surface area contributed by atoms with Crippen molar-refractivity contribution in [3.63, 3.8) is 0 Å². The van der Waals surface area contributed by atoms with Crippen molar-refractivity contribution in [3.8, 4) is 33.6 Å². The molecule has 0 fully saturated rings. The molecule has 0 saturated carbocycles. The van der Waals surface area contributed by atoms with E-state index < -0.39 is 0 Å². The predicted molar refractivity (Wildman–Crippen MR) is 162 cm³/mol. The standard InChI is InChI=1S/C35H21N5/c1-3-13-26-24(9-1)34(28-15-5-6-18-37-28)32-22(11-7-16-29(32)39-26)23-12-8-17-30-33(23)35(31-21-36-19-20-38-31)25-10-2-4-14-27(25)40-30/h1-21H. The molecular formula is C35H21N5. The first kappa shape index (κ1) is 22.4. The molecular weight excluding hydrogens is 490 g/mol. The predicted octanol–water partition coefficient (Wildman–Crippen LogP) is 8.28. The van der Waals surface area contributed by atoms with Gasteiger partial charge in [-0.25, -0.2) is 9.97 Å². The molecule has 0 aliphatic carbocycles. The van der Waals surface area contributed by atoms with Crippen LogP contribution in [-0.2, 0) is 0 Å². The van der Waals surface area contributed by atoms with Crippen molar-refractivity contribution < 1.29 is 0 Å². The number of hydrogen-bond acceptors (Lipinski definition) is 5. The Labute approximate surface area is 229 Å². The van der Waals surface area contributed by atoms with Gasteiger partial charge < -0.3 is 0 Å². The largest absolute Gasteiger partial charge is 0.261 e. The number of pyridine rings is 3. The summed E-state index contributed by atoms with van der Waals surface area (Å²) < 4.78 is 0.